The van der Waals surface area contributed by atoms with E-state index in [2.05, 4.69) is 42.2 Å². The van der Waals surface area contributed by atoms with Crippen LogP contribution in [0.2, 0.25) is 0 Å². The lowest BCUT2D eigenvalue weighted by Gasteiger charge is -2.34. The molecule has 170 valence electrons. The van der Waals surface area contributed by atoms with Crippen LogP contribution < -0.4 is 10.2 Å². The van der Waals surface area contributed by atoms with Gasteiger partial charge in [0.25, 0.3) is 0 Å². The van der Waals surface area contributed by atoms with Crippen molar-refractivity contribution in [2.75, 3.05) is 63.8 Å². The summed E-state index contributed by atoms with van der Waals surface area (Å²) in [4.78, 5) is 19.9. The van der Waals surface area contributed by atoms with Gasteiger partial charge in [0.05, 0.1) is 0 Å². The smallest absolute Gasteiger partial charge is 0.223 e. The summed E-state index contributed by atoms with van der Waals surface area (Å²) in [5.41, 5.74) is 0.762. The fourth-order valence-electron chi connectivity index (χ4n) is 4.64. The number of anilines is 1. The second-order valence-electron chi connectivity index (χ2n) is 8.80. The Morgan fingerprint density at radius 1 is 1.03 bits per heavy atom. The van der Waals surface area contributed by atoms with E-state index >= 15 is 0 Å². The Hall–Kier alpha value is -2.26. The molecule has 0 spiro atoms. The fraction of sp³-hybridized carbons (Fsp3) is 0.727. The molecule has 0 aliphatic carbocycles. The van der Waals surface area contributed by atoms with Crippen molar-refractivity contribution in [3.8, 4) is 0 Å². The Balaban J connectivity index is 1.15. The second kappa shape index (κ2) is 10.4. The monoisotopic (exact) mass is 428 g/mol. The SMILES string of the molecule is CCCN1CCN(CCCNC(=O)C2CCN(c3ccc4nnc(C)n4n3)CC2)CC1. The molecule has 4 rings (SSSR count). The van der Waals surface area contributed by atoms with E-state index in [0.29, 0.717) is 0 Å². The van der Waals surface area contributed by atoms with Gasteiger partial charge in [0.1, 0.15) is 5.82 Å². The summed E-state index contributed by atoms with van der Waals surface area (Å²) in [6.07, 6.45) is 4.00. The molecule has 0 unspecified atom stereocenters. The average Bonchev–Trinajstić information content (AvgIpc) is 3.18. The Labute approximate surface area is 184 Å². The van der Waals surface area contributed by atoms with Crippen molar-refractivity contribution in [3.63, 3.8) is 0 Å². The number of rotatable bonds is 8. The molecule has 4 heterocycles. The molecule has 31 heavy (non-hydrogen) atoms. The second-order valence-corrected chi connectivity index (χ2v) is 8.80. The number of piperazine rings is 1. The van der Waals surface area contributed by atoms with E-state index in [1.807, 2.05) is 19.1 Å². The minimum absolute atomic E-state index is 0.106. The Morgan fingerprint density at radius 3 is 2.45 bits per heavy atom. The van der Waals surface area contributed by atoms with Crippen LogP contribution in [0.25, 0.3) is 5.65 Å². The van der Waals surface area contributed by atoms with Crippen LogP contribution in [0.5, 0.6) is 0 Å². The average molecular weight is 429 g/mol. The van der Waals surface area contributed by atoms with Crippen molar-refractivity contribution in [3.05, 3.63) is 18.0 Å². The summed E-state index contributed by atoms with van der Waals surface area (Å²) in [5.74, 6) is 2.03. The number of carbonyl (C=O) groups excluding carboxylic acids is 1. The largest absolute Gasteiger partial charge is 0.356 e. The van der Waals surface area contributed by atoms with E-state index < -0.39 is 0 Å². The van der Waals surface area contributed by atoms with Gasteiger partial charge in [-0.15, -0.1) is 15.3 Å². The Morgan fingerprint density at radius 2 is 1.74 bits per heavy atom. The van der Waals surface area contributed by atoms with E-state index in [-0.39, 0.29) is 11.8 Å². The number of hydrogen-bond acceptors (Lipinski definition) is 7. The number of amides is 1. The summed E-state index contributed by atoms with van der Waals surface area (Å²) < 4.78 is 1.78. The first kappa shape index (κ1) is 22.0. The van der Waals surface area contributed by atoms with Crippen LogP contribution in [0.1, 0.15) is 38.4 Å². The molecule has 1 N–H and O–H groups in total. The van der Waals surface area contributed by atoms with Crippen LogP contribution in [-0.2, 0) is 4.79 Å². The van der Waals surface area contributed by atoms with E-state index in [1.54, 1.807) is 4.52 Å². The van der Waals surface area contributed by atoms with E-state index in [0.717, 1.165) is 75.8 Å². The number of nitrogens with zero attached hydrogens (tertiary/aromatic N) is 7. The minimum Gasteiger partial charge on any atom is -0.356 e. The number of hydrogen-bond donors (Lipinski definition) is 1. The van der Waals surface area contributed by atoms with Crippen molar-refractivity contribution >= 4 is 17.4 Å². The van der Waals surface area contributed by atoms with Crippen molar-refractivity contribution in [2.24, 2.45) is 5.92 Å². The molecule has 9 nitrogen and oxygen atoms in total. The molecule has 0 bridgehead atoms. The molecule has 0 atom stereocenters. The zero-order valence-electron chi connectivity index (χ0n) is 19.0. The molecule has 2 aliphatic heterocycles. The number of piperidine rings is 1. The van der Waals surface area contributed by atoms with Crippen LogP contribution in [-0.4, -0.2) is 94.4 Å². The maximum atomic E-state index is 12.6. The third-order valence-electron chi connectivity index (χ3n) is 6.55. The van der Waals surface area contributed by atoms with E-state index in [4.69, 9.17) is 0 Å². The number of nitrogens with one attached hydrogen (secondary N) is 1. The minimum atomic E-state index is 0.106. The standard InChI is InChI=1S/C22H36N8O/c1-3-10-27-14-16-28(17-15-27)11-4-9-23-22(31)19-7-12-29(13-8-19)21-6-5-20-25-24-18(2)30(20)26-21/h5-6,19H,3-4,7-17H2,1-2H3,(H,23,31). The molecule has 2 saturated heterocycles. The van der Waals surface area contributed by atoms with Gasteiger partial charge in [-0.25, -0.2) is 0 Å². The zero-order valence-corrected chi connectivity index (χ0v) is 19.0. The van der Waals surface area contributed by atoms with Crippen LogP contribution in [0.4, 0.5) is 5.82 Å². The van der Waals surface area contributed by atoms with Crippen molar-refractivity contribution in [1.29, 1.82) is 0 Å². The maximum absolute atomic E-state index is 12.6. The van der Waals surface area contributed by atoms with Gasteiger partial charge in [0.2, 0.25) is 5.91 Å². The highest BCUT2D eigenvalue weighted by Crippen LogP contribution is 2.22. The Bertz CT molecular complexity index is 852. The fourth-order valence-corrected chi connectivity index (χ4v) is 4.64. The number of aryl methyl sites for hydroxylation is 1. The number of fused-ring (bicyclic) bond motifs is 1. The third-order valence-corrected chi connectivity index (χ3v) is 6.55. The van der Waals surface area contributed by atoms with Crippen LogP contribution in [0.3, 0.4) is 0 Å². The topological polar surface area (TPSA) is 81.9 Å². The van der Waals surface area contributed by atoms with Crippen LogP contribution in [0.15, 0.2) is 12.1 Å². The lowest BCUT2D eigenvalue weighted by molar-refractivity contribution is -0.125. The summed E-state index contributed by atoms with van der Waals surface area (Å²) in [7, 11) is 0. The van der Waals surface area contributed by atoms with Gasteiger partial charge in [-0.1, -0.05) is 6.92 Å². The van der Waals surface area contributed by atoms with Crippen molar-refractivity contribution in [2.45, 2.75) is 39.5 Å². The number of aromatic nitrogens is 4. The van der Waals surface area contributed by atoms with Gasteiger partial charge in [0, 0.05) is 51.7 Å². The quantitative estimate of drug-likeness (QED) is 0.633. The van der Waals surface area contributed by atoms with Crippen LogP contribution >= 0.6 is 0 Å². The first-order chi connectivity index (χ1) is 15.1. The maximum Gasteiger partial charge on any atom is 0.223 e. The van der Waals surface area contributed by atoms with E-state index in [9.17, 15) is 4.79 Å². The highest BCUT2D eigenvalue weighted by atomic mass is 16.1. The molecule has 2 aromatic heterocycles. The van der Waals surface area contributed by atoms with Gasteiger partial charge in [0.15, 0.2) is 11.5 Å². The molecule has 9 heteroatoms. The molecule has 1 amide bonds. The first-order valence-corrected chi connectivity index (χ1v) is 11.8. The van der Waals surface area contributed by atoms with Gasteiger partial charge in [-0.05, 0) is 57.8 Å². The molecule has 0 aromatic carbocycles. The van der Waals surface area contributed by atoms with Gasteiger partial charge < -0.3 is 20.0 Å². The normalized spacial score (nSPS) is 19.2. The summed E-state index contributed by atoms with van der Waals surface area (Å²) in [6, 6.07) is 3.94. The lowest BCUT2D eigenvalue weighted by atomic mass is 9.96. The van der Waals surface area contributed by atoms with Gasteiger partial charge in [-0.2, -0.15) is 4.52 Å². The molecule has 2 aromatic rings. The predicted molar refractivity (Wildman–Crippen MR) is 121 cm³/mol. The summed E-state index contributed by atoms with van der Waals surface area (Å²) in [6.45, 7) is 13.6. The first-order valence-electron chi connectivity index (χ1n) is 11.8. The summed E-state index contributed by atoms with van der Waals surface area (Å²) >= 11 is 0. The highest BCUT2D eigenvalue weighted by molar-refractivity contribution is 5.78. The molecule has 0 saturated carbocycles. The lowest BCUT2D eigenvalue weighted by Crippen LogP contribution is -2.47. The highest BCUT2D eigenvalue weighted by Gasteiger charge is 2.26. The van der Waals surface area contributed by atoms with Gasteiger partial charge in [-0.3, -0.25) is 4.79 Å². The van der Waals surface area contributed by atoms with Crippen molar-refractivity contribution in [1.82, 2.24) is 34.9 Å². The molecular weight excluding hydrogens is 392 g/mol. The predicted octanol–water partition coefficient (Wildman–Crippen LogP) is 1.18. The number of carbonyl (C=O) groups is 1. The molecule has 0 radical (unpaired) electrons. The molecule has 2 aliphatic rings. The third kappa shape index (κ3) is 5.51. The molecule has 2 fully saturated rings. The van der Waals surface area contributed by atoms with Gasteiger partial charge >= 0.3 is 0 Å². The van der Waals surface area contributed by atoms with Crippen molar-refractivity contribution < 1.29 is 4.79 Å². The zero-order chi connectivity index (χ0) is 21.6. The van der Waals surface area contributed by atoms with E-state index in [1.165, 1.54) is 26.1 Å². The van der Waals surface area contributed by atoms with Crippen LogP contribution in [0, 0.1) is 12.8 Å². The molecular formula is C22H36N8O. The summed E-state index contributed by atoms with van der Waals surface area (Å²) in [5, 5.41) is 16.0. The Kier molecular flexibility index (Phi) is 7.34.